The molecule has 1 aromatic carbocycles. The van der Waals surface area contributed by atoms with Crippen LogP contribution in [0.2, 0.25) is 5.02 Å². The van der Waals surface area contributed by atoms with Crippen molar-refractivity contribution >= 4 is 45.9 Å². The highest BCUT2D eigenvalue weighted by Gasteiger charge is 2.40. The molecule has 1 aliphatic heterocycles. The smallest absolute Gasteiger partial charge is 0.361 e. The number of aromatic nitrogens is 3. The summed E-state index contributed by atoms with van der Waals surface area (Å²) in [5, 5.41) is 5.87. The predicted octanol–water partition coefficient (Wildman–Crippen LogP) is 3.67. The van der Waals surface area contributed by atoms with E-state index in [4.69, 9.17) is 11.6 Å². The highest BCUT2D eigenvalue weighted by molar-refractivity contribution is 6.33. The maximum Gasteiger partial charge on any atom is 0.416 e. The van der Waals surface area contributed by atoms with Crippen molar-refractivity contribution in [1.29, 1.82) is 0 Å². The molecular weight excluding hydrogens is 535 g/mol. The van der Waals surface area contributed by atoms with E-state index in [1.54, 1.807) is 23.6 Å². The fraction of sp³-hybridized carbons (Fsp3) is 0.462. The van der Waals surface area contributed by atoms with Gasteiger partial charge in [0.1, 0.15) is 18.1 Å². The first-order valence-electron chi connectivity index (χ1n) is 12.8. The molecule has 208 valence electrons. The summed E-state index contributed by atoms with van der Waals surface area (Å²) in [5.41, 5.74) is 0.509. The summed E-state index contributed by atoms with van der Waals surface area (Å²) < 4.78 is 40.8. The molecule has 0 radical (unpaired) electrons. The first kappa shape index (κ1) is 27.2. The average molecular weight is 564 g/mol. The van der Waals surface area contributed by atoms with Crippen molar-refractivity contribution in [3.05, 3.63) is 50.9 Å². The van der Waals surface area contributed by atoms with Crippen LogP contribution in [0.3, 0.4) is 0 Å². The van der Waals surface area contributed by atoms with Crippen molar-refractivity contribution in [3.63, 3.8) is 0 Å². The number of carbonyl (C=O) groups excluding carboxylic acids is 1. The SMILES string of the molecule is CCc1c(N2CCN[C@@H]3CC[C@H]32)c(=O)c2nc(N(C)C)cnc2n1CC(=O)Nc1ccc(C(F)(F)F)cc1Cl. The Morgan fingerprint density at radius 2 is 2.05 bits per heavy atom. The third kappa shape index (κ3) is 5.03. The van der Waals surface area contributed by atoms with Crippen LogP contribution < -0.4 is 25.9 Å². The van der Waals surface area contributed by atoms with E-state index < -0.39 is 17.6 Å². The second-order valence-electron chi connectivity index (χ2n) is 10.00. The Kier molecular flexibility index (Phi) is 7.19. The number of hydrogen-bond donors (Lipinski definition) is 2. The molecule has 39 heavy (non-hydrogen) atoms. The number of amides is 1. The van der Waals surface area contributed by atoms with Gasteiger partial charge in [0, 0.05) is 45.0 Å². The molecule has 1 aliphatic carbocycles. The number of nitrogens with one attached hydrogen (secondary N) is 2. The number of pyridine rings is 1. The van der Waals surface area contributed by atoms with Gasteiger partial charge in [0.05, 0.1) is 22.5 Å². The maximum absolute atomic E-state index is 13.9. The lowest BCUT2D eigenvalue weighted by atomic mass is 9.83. The van der Waals surface area contributed by atoms with E-state index >= 15 is 0 Å². The number of fused-ring (bicyclic) bond motifs is 2. The zero-order valence-electron chi connectivity index (χ0n) is 21.8. The quantitative estimate of drug-likeness (QED) is 0.472. The van der Waals surface area contributed by atoms with Gasteiger partial charge in [-0.3, -0.25) is 9.59 Å². The van der Waals surface area contributed by atoms with E-state index in [2.05, 4.69) is 25.5 Å². The highest BCUT2D eigenvalue weighted by atomic mass is 35.5. The number of halogens is 4. The van der Waals surface area contributed by atoms with Gasteiger partial charge in [-0.1, -0.05) is 18.5 Å². The number of alkyl halides is 3. The number of carbonyl (C=O) groups is 1. The molecule has 3 aromatic rings. The summed E-state index contributed by atoms with van der Waals surface area (Å²) in [6.45, 7) is 3.05. The molecule has 0 spiro atoms. The highest BCUT2D eigenvalue weighted by Crippen LogP contribution is 2.35. The first-order chi connectivity index (χ1) is 18.5. The predicted molar refractivity (Wildman–Crippen MR) is 145 cm³/mol. The van der Waals surface area contributed by atoms with Crippen LogP contribution in [0.25, 0.3) is 11.2 Å². The summed E-state index contributed by atoms with van der Waals surface area (Å²) in [5.74, 6) is -0.0215. The molecule has 2 aliphatic rings. The van der Waals surface area contributed by atoms with Gasteiger partial charge < -0.3 is 25.0 Å². The third-order valence-corrected chi connectivity index (χ3v) is 7.69. The summed E-state index contributed by atoms with van der Waals surface area (Å²) >= 11 is 6.06. The van der Waals surface area contributed by atoms with E-state index in [1.807, 2.05) is 6.92 Å². The molecule has 0 unspecified atom stereocenters. The molecule has 0 bridgehead atoms. The van der Waals surface area contributed by atoms with Crippen LogP contribution in [0, 0.1) is 0 Å². The second kappa shape index (κ2) is 10.3. The van der Waals surface area contributed by atoms with Crippen molar-refractivity contribution in [2.24, 2.45) is 0 Å². The topological polar surface area (TPSA) is 95.4 Å². The van der Waals surface area contributed by atoms with E-state index in [9.17, 15) is 22.8 Å². The Morgan fingerprint density at radius 3 is 2.67 bits per heavy atom. The van der Waals surface area contributed by atoms with Crippen molar-refractivity contribution in [2.45, 2.75) is 51.0 Å². The van der Waals surface area contributed by atoms with E-state index in [-0.39, 0.29) is 39.9 Å². The van der Waals surface area contributed by atoms with E-state index in [1.165, 1.54) is 6.20 Å². The van der Waals surface area contributed by atoms with Crippen LogP contribution in [0.4, 0.5) is 30.4 Å². The molecule has 1 saturated carbocycles. The van der Waals surface area contributed by atoms with Gasteiger partial charge in [0.15, 0.2) is 11.2 Å². The van der Waals surface area contributed by atoms with Gasteiger partial charge in [-0.25, -0.2) is 9.97 Å². The Labute approximate surface area is 228 Å². The minimum Gasteiger partial charge on any atom is -0.361 e. The van der Waals surface area contributed by atoms with Gasteiger partial charge in [-0.15, -0.1) is 0 Å². The molecular formula is C26H29ClF3N7O2. The lowest BCUT2D eigenvalue weighted by Gasteiger charge is -2.50. The fourth-order valence-corrected chi connectivity index (χ4v) is 5.52. The Hall–Kier alpha value is -3.38. The summed E-state index contributed by atoms with van der Waals surface area (Å²) in [6.07, 6.45) is -0.580. The van der Waals surface area contributed by atoms with Gasteiger partial charge >= 0.3 is 6.18 Å². The van der Waals surface area contributed by atoms with Crippen molar-refractivity contribution < 1.29 is 18.0 Å². The van der Waals surface area contributed by atoms with Crippen LogP contribution >= 0.6 is 11.6 Å². The number of hydrogen-bond acceptors (Lipinski definition) is 7. The molecule has 13 heteroatoms. The van der Waals surface area contributed by atoms with Crippen molar-refractivity contribution in [1.82, 2.24) is 19.9 Å². The van der Waals surface area contributed by atoms with E-state index in [0.717, 1.165) is 37.6 Å². The zero-order chi connectivity index (χ0) is 28.1. The lowest BCUT2D eigenvalue weighted by molar-refractivity contribution is -0.137. The number of piperazine rings is 1. The van der Waals surface area contributed by atoms with Crippen LogP contribution in [0.1, 0.15) is 31.0 Å². The van der Waals surface area contributed by atoms with Crippen LogP contribution in [0.15, 0.2) is 29.2 Å². The van der Waals surface area contributed by atoms with Crippen molar-refractivity contribution in [3.8, 4) is 0 Å². The molecule has 1 saturated heterocycles. The van der Waals surface area contributed by atoms with E-state index in [0.29, 0.717) is 36.2 Å². The molecule has 2 aromatic heterocycles. The van der Waals surface area contributed by atoms with Crippen molar-refractivity contribution in [2.75, 3.05) is 42.3 Å². The van der Waals surface area contributed by atoms with Crippen LogP contribution in [-0.4, -0.2) is 59.7 Å². The molecule has 5 rings (SSSR count). The standard InChI is InChI=1S/C26H29ClF3N7O2/c1-4-18-23(36-10-9-31-17-7-8-19(17)36)24(39)22-25(32-12-20(34-22)35(2)3)37(18)13-21(38)33-16-6-5-14(11-15(16)27)26(28,29)30/h5-6,11-12,17,19,31H,4,7-10,13H2,1-3H3,(H,33,38)/t17-,19-/m1/s1. The average Bonchev–Trinajstić information content (AvgIpc) is 2.86. The second-order valence-corrected chi connectivity index (χ2v) is 10.4. The molecule has 1 amide bonds. The van der Waals surface area contributed by atoms with Gasteiger partial charge in [-0.2, -0.15) is 13.2 Å². The molecule has 2 N–H and O–H groups in total. The largest absolute Gasteiger partial charge is 0.416 e. The summed E-state index contributed by atoms with van der Waals surface area (Å²) in [6, 6.07) is 3.23. The van der Waals surface area contributed by atoms with Crippen LogP contribution in [0.5, 0.6) is 0 Å². The number of nitrogens with zero attached hydrogens (tertiary/aromatic N) is 5. The number of anilines is 3. The molecule has 2 fully saturated rings. The lowest BCUT2D eigenvalue weighted by Crippen LogP contribution is -2.64. The monoisotopic (exact) mass is 563 g/mol. The van der Waals surface area contributed by atoms with Gasteiger partial charge in [0.25, 0.3) is 0 Å². The fourth-order valence-electron chi connectivity index (χ4n) is 5.30. The minimum absolute atomic E-state index is 0.0543. The first-order valence-corrected chi connectivity index (χ1v) is 13.1. The summed E-state index contributed by atoms with van der Waals surface area (Å²) in [4.78, 5) is 40.2. The Morgan fingerprint density at radius 1 is 1.28 bits per heavy atom. The Bertz CT molecular complexity index is 1490. The maximum atomic E-state index is 13.9. The van der Waals surface area contributed by atoms with Gasteiger partial charge in [-0.05, 0) is 37.5 Å². The normalized spacial score (nSPS) is 19.0. The third-order valence-electron chi connectivity index (χ3n) is 7.38. The Balaban J connectivity index is 1.58. The number of benzene rings is 1. The van der Waals surface area contributed by atoms with Crippen LogP contribution in [-0.2, 0) is 23.9 Å². The minimum atomic E-state index is -4.55. The van der Waals surface area contributed by atoms with Gasteiger partial charge in [0.2, 0.25) is 11.3 Å². The zero-order valence-corrected chi connectivity index (χ0v) is 22.5. The number of rotatable bonds is 6. The molecule has 9 nitrogen and oxygen atoms in total. The summed E-state index contributed by atoms with van der Waals surface area (Å²) in [7, 11) is 3.60. The molecule has 3 heterocycles. The molecule has 2 atom stereocenters.